The molecule has 8 heteroatoms. The number of hydrogen-bond donors (Lipinski definition) is 1. The van der Waals surface area contributed by atoms with Crippen LogP contribution in [0.2, 0.25) is 0 Å². The number of ether oxygens (including phenoxy) is 2. The van der Waals surface area contributed by atoms with Gasteiger partial charge in [0.1, 0.15) is 12.4 Å². The first-order valence-electron chi connectivity index (χ1n) is 10.9. The third-order valence-corrected chi connectivity index (χ3v) is 7.76. The van der Waals surface area contributed by atoms with Crippen molar-refractivity contribution in [3.05, 3.63) is 59.2 Å². The molecule has 0 spiro atoms. The Morgan fingerprint density at radius 3 is 2.50 bits per heavy atom. The van der Waals surface area contributed by atoms with Crippen LogP contribution >= 0.6 is 0 Å². The quantitative estimate of drug-likeness (QED) is 0.582. The molecule has 1 fully saturated rings. The van der Waals surface area contributed by atoms with Crippen LogP contribution in [0.5, 0.6) is 5.75 Å². The second-order valence-corrected chi connectivity index (χ2v) is 10.1. The zero-order chi connectivity index (χ0) is 23.1. The Balaban J connectivity index is 1.51. The first-order chi connectivity index (χ1) is 15.3. The lowest BCUT2D eigenvalue weighted by Gasteiger charge is -2.30. The number of sulfonamides is 1. The minimum Gasteiger partial charge on any atom is -0.491 e. The van der Waals surface area contributed by atoms with Crippen LogP contribution < -0.4 is 10.1 Å². The van der Waals surface area contributed by atoms with Crippen LogP contribution in [0.15, 0.2) is 47.4 Å². The number of benzene rings is 2. The highest BCUT2D eigenvalue weighted by Gasteiger charge is 2.32. The van der Waals surface area contributed by atoms with E-state index in [0.29, 0.717) is 50.6 Å². The first-order valence-corrected chi connectivity index (χ1v) is 12.3. The maximum atomic E-state index is 13.0. The highest BCUT2D eigenvalue weighted by Crippen LogP contribution is 2.25. The lowest BCUT2D eigenvalue weighted by Crippen LogP contribution is -2.42. The second kappa shape index (κ2) is 10.9. The van der Waals surface area contributed by atoms with E-state index in [0.717, 1.165) is 22.4 Å². The number of carbonyl (C=O) groups excluding carboxylic acids is 1. The number of nitrogens with one attached hydrogen (secondary N) is 1. The van der Waals surface area contributed by atoms with Gasteiger partial charge in [0.05, 0.1) is 11.5 Å². The molecule has 1 amide bonds. The van der Waals surface area contributed by atoms with Crippen molar-refractivity contribution >= 4 is 15.9 Å². The van der Waals surface area contributed by atoms with Gasteiger partial charge in [-0.25, -0.2) is 8.42 Å². The molecule has 0 atom stereocenters. The molecule has 0 radical (unpaired) electrons. The zero-order valence-corrected chi connectivity index (χ0v) is 19.8. The molecule has 32 heavy (non-hydrogen) atoms. The first kappa shape index (κ1) is 24.2. The van der Waals surface area contributed by atoms with Gasteiger partial charge in [0, 0.05) is 32.7 Å². The van der Waals surface area contributed by atoms with Gasteiger partial charge in [-0.15, -0.1) is 0 Å². The summed E-state index contributed by atoms with van der Waals surface area (Å²) < 4.78 is 38.0. The van der Waals surface area contributed by atoms with Crippen molar-refractivity contribution in [2.24, 2.45) is 5.92 Å². The molecular weight excluding hydrogens is 428 g/mol. The number of nitrogens with zero attached hydrogens (tertiary/aromatic N) is 1. The fourth-order valence-electron chi connectivity index (χ4n) is 3.70. The van der Waals surface area contributed by atoms with Gasteiger partial charge < -0.3 is 14.8 Å². The maximum absolute atomic E-state index is 13.0. The summed E-state index contributed by atoms with van der Waals surface area (Å²) in [5.41, 5.74) is 2.96. The van der Waals surface area contributed by atoms with Crippen LogP contribution in [0.25, 0.3) is 0 Å². The van der Waals surface area contributed by atoms with E-state index >= 15 is 0 Å². The Labute approximate surface area is 190 Å². The topological polar surface area (TPSA) is 84.9 Å². The predicted octanol–water partition coefficient (Wildman–Crippen LogP) is 3.05. The van der Waals surface area contributed by atoms with Gasteiger partial charge in [0.15, 0.2) is 0 Å². The van der Waals surface area contributed by atoms with E-state index < -0.39 is 10.0 Å². The summed E-state index contributed by atoms with van der Waals surface area (Å²) in [5, 5.41) is 2.97. The fourth-order valence-corrected chi connectivity index (χ4v) is 5.26. The lowest BCUT2D eigenvalue weighted by molar-refractivity contribution is -0.126. The standard InChI is InChI=1S/C24H32N2O5S/c1-18-7-8-23(15-19(18)2)32(28,29)26-11-9-21(10-12-26)24(27)25-17-20-5-4-6-22(16-20)31-14-13-30-3/h4-8,15-16,21H,9-14,17H2,1-3H3,(H,25,27). The van der Waals surface area contributed by atoms with Crippen molar-refractivity contribution in [2.75, 3.05) is 33.4 Å². The number of methoxy groups -OCH3 is 1. The molecule has 0 saturated carbocycles. The number of piperidine rings is 1. The number of amides is 1. The molecule has 174 valence electrons. The van der Waals surface area contributed by atoms with Gasteiger partial charge in [-0.1, -0.05) is 18.2 Å². The van der Waals surface area contributed by atoms with E-state index in [1.54, 1.807) is 19.2 Å². The summed E-state index contributed by atoms with van der Waals surface area (Å²) in [6.07, 6.45) is 1.02. The minimum absolute atomic E-state index is 0.0427. The molecule has 1 aliphatic rings. The summed E-state index contributed by atoms with van der Waals surface area (Å²) in [6.45, 7) is 5.94. The minimum atomic E-state index is -3.54. The average molecular weight is 461 g/mol. The Morgan fingerprint density at radius 1 is 1.06 bits per heavy atom. The average Bonchev–Trinajstić information content (AvgIpc) is 2.80. The van der Waals surface area contributed by atoms with Gasteiger partial charge >= 0.3 is 0 Å². The Hall–Kier alpha value is -2.42. The monoisotopic (exact) mass is 460 g/mol. The normalized spacial score (nSPS) is 15.5. The molecule has 1 saturated heterocycles. The number of hydrogen-bond acceptors (Lipinski definition) is 5. The van der Waals surface area contributed by atoms with E-state index in [1.807, 2.05) is 44.2 Å². The zero-order valence-electron chi connectivity index (χ0n) is 19.0. The van der Waals surface area contributed by atoms with E-state index in [4.69, 9.17) is 9.47 Å². The Bertz CT molecular complexity index is 1030. The van der Waals surface area contributed by atoms with E-state index in [-0.39, 0.29) is 11.8 Å². The molecule has 1 heterocycles. The van der Waals surface area contributed by atoms with Gasteiger partial charge in [0.2, 0.25) is 15.9 Å². The van der Waals surface area contributed by atoms with E-state index in [2.05, 4.69) is 5.32 Å². The van der Waals surface area contributed by atoms with E-state index in [1.165, 1.54) is 4.31 Å². The lowest BCUT2D eigenvalue weighted by atomic mass is 9.97. The van der Waals surface area contributed by atoms with Gasteiger partial charge in [-0.2, -0.15) is 4.31 Å². The molecule has 1 aliphatic heterocycles. The fraction of sp³-hybridized carbons (Fsp3) is 0.458. The maximum Gasteiger partial charge on any atom is 0.243 e. The number of aryl methyl sites for hydroxylation is 2. The smallest absolute Gasteiger partial charge is 0.243 e. The van der Waals surface area contributed by atoms with Crippen LogP contribution in [0.3, 0.4) is 0 Å². The summed E-state index contributed by atoms with van der Waals surface area (Å²) in [7, 11) is -1.92. The van der Waals surface area contributed by atoms with Crippen LogP contribution in [-0.2, 0) is 26.1 Å². The highest BCUT2D eigenvalue weighted by atomic mass is 32.2. The Morgan fingerprint density at radius 2 is 1.81 bits per heavy atom. The van der Waals surface area contributed by atoms with Crippen molar-refractivity contribution in [1.82, 2.24) is 9.62 Å². The molecule has 2 aromatic carbocycles. The van der Waals surface area contributed by atoms with Crippen LogP contribution in [0.1, 0.15) is 29.5 Å². The van der Waals surface area contributed by atoms with Gasteiger partial charge in [-0.3, -0.25) is 4.79 Å². The molecule has 2 aromatic rings. The van der Waals surface area contributed by atoms with Crippen molar-refractivity contribution in [1.29, 1.82) is 0 Å². The van der Waals surface area contributed by atoms with Crippen LogP contribution in [0, 0.1) is 19.8 Å². The number of rotatable bonds is 9. The third-order valence-electron chi connectivity index (χ3n) is 5.86. The molecule has 0 bridgehead atoms. The number of carbonyl (C=O) groups is 1. The highest BCUT2D eigenvalue weighted by molar-refractivity contribution is 7.89. The summed E-state index contributed by atoms with van der Waals surface area (Å²) in [6, 6.07) is 12.8. The summed E-state index contributed by atoms with van der Waals surface area (Å²) in [5.74, 6) is 0.500. The molecule has 0 aliphatic carbocycles. The molecular formula is C24H32N2O5S. The molecule has 3 rings (SSSR count). The summed E-state index contributed by atoms with van der Waals surface area (Å²) >= 11 is 0. The van der Waals surface area contributed by atoms with Crippen molar-refractivity contribution in [2.45, 2.75) is 38.1 Å². The van der Waals surface area contributed by atoms with Crippen molar-refractivity contribution in [3.8, 4) is 5.75 Å². The Kier molecular flexibility index (Phi) is 8.28. The molecule has 1 N–H and O–H groups in total. The van der Waals surface area contributed by atoms with E-state index in [9.17, 15) is 13.2 Å². The summed E-state index contributed by atoms with van der Waals surface area (Å²) in [4.78, 5) is 13.0. The van der Waals surface area contributed by atoms with Crippen molar-refractivity contribution in [3.63, 3.8) is 0 Å². The third kappa shape index (κ3) is 6.09. The van der Waals surface area contributed by atoms with Crippen LogP contribution in [-0.4, -0.2) is 52.0 Å². The van der Waals surface area contributed by atoms with Gasteiger partial charge in [-0.05, 0) is 67.6 Å². The second-order valence-electron chi connectivity index (χ2n) is 8.13. The largest absolute Gasteiger partial charge is 0.491 e. The van der Waals surface area contributed by atoms with Gasteiger partial charge in [0.25, 0.3) is 0 Å². The SMILES string of the molecule is COCCOc1cccc(CNC(=O)C2CCN(S(=O)(=O)c3ccc(C)c(C)c3)CC2)c1. The molecule has 7 nitrogen and oxygen atoms in total. The van der Waals surface area contributed by atoms with Crippen LogP contribution in [0.4, 0.5) is 0 Å². The molecule has 0 aromatic heterocycles. The van der Waals surface area contributed by atoms with Crippen molar-refractivity contribution < 1.29 is 22.7 Å². The molecule has 0 unspecified atom stereocenters. The predicted molar refractivity (Wildman–Crippen MR) is 123 cm³/mol.